The molecule has 2 aliphatic rings. The summed E-state index contributed by atoms with van der Waals surface area (Å²) in [5.74, 6) is 1.17. The van der Waals surface area contributed by atoms with Gasteiger partial charge >= 0.3 is 0 Å². The third kappa shape index (κ3) is 4.02. The second-order valence-corrected chi connectivity index (χ2v) is 8.93. The lowest BCUT2D eigenvalue weighted by atomic mass is 9.96. The molecule has 1 amide bonds. The van der Waals surface area contributed by atoms with Gasteiger partial charge in [-0.15, -0.1) is 0 Å². The topological polar surface area (TPSA) is 61.5 Å². The van der Waals surface area contributed by atoms with Gasteiger partial charge in [-0.05, 0) is 42.7 Å². The summed E-state index contributed by atoms with van der Waals surface area (Å²) in [6.07, 6.45) is 1.95. The Morgan fingerprint density at radius 3 is 2.81 bits per heavy atom. The first-order valence-corrected chi connectivity index (χ1v) is 11.4. The van der Waals surface area contributed by atoms with E-state index in [0.717, 1.165) is 68.1 Å². The number of benzene rings is 2. The second kappa shape index (κ2) is 8.79. The van der Waals surface area contributed by atoms with E-state index in [4.69, 9.17) is 9.84 Å². The first kappa shape index (κ1) is 20.8. The molecule has 0 bridgehead atoms. The number of likely N-dealkylation sites (tertiary alicyclic amines) is 1. The molecular weight excluding hydrogens is 400 g/mol. The SMILES string of the molecule is COc1ccc(C(=O)N2CCC(c3n[nH]c4c3CN(Cc3ccccc3)CC4)C2)c(C)c1. The maximum absolute atomic E-state index is 13.2. The molecule has 1 saturated heterocycles. The lowest BCUT2D eigenvalue weighted by Crippen LogP contribution is -2.31. The summed E-state index contributed by atoms with van der Waals surface area (Å²) in [4.78, 5) is 17.6. The number of fused-ring (bicyclic) bond motifs is 1. The number of aromatic nitrogens is 2. The largest absolute Gasteiger partial charge is 0.497 e. The van der Waals surface area contributed by atoms with Gasteiger partial charge in [0.2, 0.25) is 0 Å². The monoisotopic (exact) mass is 430 g/mol. The maximum Gasteiger partial charge on any atom is 0.254 e. The van der Waals surface area contributed by atoms with E-state index >= 15 is 0 Å². The van der Waals surface area contributed by atoms with Gasteiger partial charge < -0.3 is 9.64 Å². The number of ether oxygens (including phenoxy) is 1. The molecule has 6 heteroatoms. The quantitative estimate of drug-likeness (QED) is 0.667. The third-order valence-electron chi connectivity index (χ3n) is 6.82. The summed E-state index contributed by atoms with van der Waals surface area (Å²) < 4.78 is 5.28. The Balaban J connectivity index is 1.28. The average molecular weight is 431 g/mol. The molecule has 3 aromatic rings. The van der Waals surface area contributed by atoms with Gasteiger partial charge in [-0.2, -0.15) is 5.10 Å². The van der Waals surface area contributed by atoms with Crippen LogP contribution >= 0.6 is 0 Å². The second-order valence-electron chi connectivity index (χ2n) is 8.93. The number of aryl methyl sites for hydroxylation is 1. The standard InChI is InChI=1S/C26H30N4O2/c1-18-14-21(32-2)8-9-22(18)26(31)30-13-10-20(16-30)25-23-17-29(12-11-24(23)27-28-25)15-19-6-4-3-5-7-19/h3-9,14,20H,10-13,15-17H2,1-2H3,(H,27,28). The van der Waals surface area contributed by atoms with Crippen LogP contribution in [-0.2, 0) is 19.5 Å². The number of methoxy groups -OCH3 is 1. The normalized spacial score (nSPS) is 18.6. The zero-order chi connectivity index (χ0) is 22.1. The molecule has 1 unspecified atom stereocenters. The predicted octanol–water partition coefficient (Wildman–Crippen LogP) is 3.91. The van der Waals surface area contributed by atoms with Crippen molar-refractivity contribution in [2.24, 2.45) is 0 Å². The number of amides is 1. The molecule has 32 heavy (non-hydrogen) atoms. The van der Waals surface area contributed by atoms with E-state index in [0.29, 0.717) is 0 Å². The molecule has 0 aliphatic carbocycles. The van der Waals surface area contributed by atoms with E-state index in [1.54, 1.807) is 7.11 Å². The molecule has 3 heterocycles. The zero-order valence-corrected chi connectivity index (χ0v) is 18.8. The van der Waals surface area contributed by atoms with Crippen molar-refractivity contribution < 1.29 is 9.53 Å². The van der Waals surface area contributed by atoms with E-state index < -0.39 is 0 Å². The molecular formula is C26H30N4O2. The fourth-order valence-electron chi connectivity index (χ4n) is 5.03. The Kier molecular flexibility index (Phi) is 5.70. The van der Waals surface area contributed by atoms with Crippen LogP contribution in [0.2, 0.25) is 0 Å². The van der Waals surface area contributed by atoms with Gasteiger partial charge in [-0.3, -0.25) is 14.8 Å². The Hall–Kier alpha value is -3.12. The molecule has 0 saturated carbocycles. The van der Waals surface area contributed by atoms with Crippen molar-refractivity contribution in [3.8, 4) is 5.75 Å². The average Bonchev–Trinajstić information content (AvgIpc) is 3.46. The Morgan fingerprint density at radius 2 is 2.03 bits per heavy atom. The number of carbonyl (C=O) groups is 1. The predicted molar refractivity (Wildman–Crippen MR) is 124 cm³/mol. The number of H-pyrrole nitrogens is 1. The summed E-state index contributed by atoms with van der Waals surface area (Å²) in [7, 11) is 1.65. The van der Waals surface area contributed by atoms with E-state index in [-0.39, 0.29) is 11.8 Å². The van der Waals surface area contributed by atoms with Crippen LogP contribution in [0, 0.1) is 6.92 Å². The summed E-state index contributed by atoms with van der Waals surface area (Å²) in [6, 6.07) is 16.3. The van der Waals surface area contributed by atoms with Crippen LogP contribution in [0.15, 0.2) is 48.5 Å². The van der Waals surface area contributed by atoms with Crippen LogP contribution in [0.3, 0.4) is 0 Å². The van der Waals surface area contributed by atoms with Gasteiger partial charge in [0, 0.05) is 61.9 Å². The van der Waals surface area contributed by atoms with Crippen molar-refractivity contribution in [1.82, 2.24) is 20.0 Å². The summed E-state index contributed by atoms with van der Waals surface area (Å²) in [5, 5.41) is 8.01. The number of nitrogens with zero attached hydrogens (tertiary/aromatic N) is 3. The fourth-order valence-corrected chi connectivity index (χ4v) is 5.03. The highest BCUT2D eigenvalue weighted by atomic mass is 16.5. The Bertz CT molecular complexity index is 1110. The van der Waals surface area contributed by atoms with Gasteiger partial charge in [-0.1, -0.05) is 30.3 Å². The first-order chi connectivity index (χ1) is 15.6. The third-order valence-corrected chi connectivity index (χ3v) is 6.82. The van der Waals surface area contributed by atoms with Gasteiger partial charge in [0.25, 0.3) is 5.91 Å². The highest BCUT2D eigenvalue weighted by Crippen LogP contribution is 2.33. The number of hydrogen-bond acceptors (Lipinski definition) is 4. The van der Waals surface area contributed by atoms with Crippen molar-refractivity contribution in [3.05, 3.63) is 82.2 Å². The van der Waals surface area contributed by atoms with Gasteiger partial charge in [-0.25, -0.2) is 0 Å². The highest BCUT2D eigenvalue weighted by molar-refractivity contribution is 5.96. The zero-order valence-electron chi connectivity index (χ0n) is 18.8. The molecule has 1 aromatic heterocycles. The number of carbonyl (C=O) groups excluding carboxylic acids is 1. The highest BCUT2D eigenvalue weighted by Gasteiger charge is 2.33. The van der Waals surface area contributed by atoms with Crippen molar-refractivity contribution in [3.63, 3.8) is 0 Å². The maximum atomic E-state index is 13.2. The van der Waals surface area contributed by atoms with Crippen LogP contribution in [0.25, 0.3) is 0 Å². The van der Waals surface area contributed by atoms with E-state index in [1.165, 1.54) is 16.8 Å². The van der Waals surface area contributed by atoms with Crippen molar-refractivity contribution >= 4 is 5.91 Å². The van der Waals surface area contributed by atoms with Crippen molar-refractivity contribution in [1.29, 1.82) is 0 Å². The minimum Gasteiger partial charge on any atom is -0.497 e. The molecule has 166 valence electrons. The summed E-state index contributed by atoms with van der Waals surface area (Å²) >= 11 is 0. The molecule has 1 N–H and O–H groups in total. The van der Waals surface area contributed by atoms with Gasteiger partial charge in [0.05, 0.1) is 12.8 Å². The Labute approximate surface area is 189 Å². The minimum absolute atomic E-state index is 0.0998. The molecule has 1 fully saturated rings. The number of rotatable bonds is 5. The van der Waals surface area contributed by atoms with Gasteiger partial charge in [0.15, 0.2) is 0 Å². The van der Waals surface area contributed by atoms with E-state index in [9.17, 15) is 4.79 Å². The Morgan fingerprint density at radius 1 is 1.19 bits per heavy atom. The summed E-state index contributed by atoms with van der Waals surface area (Å²) in [5.41, 5.74) is 6.80. The molecule has 2 aliphatic heterocycles. The molecule has 1 atom stereocenters. The van der Waals surface area contributed by atoms with Crippen LogP contribution in [0.1, 0.15) is 50.8 Å². The van der Waals surface area contributed by atoms with Crippen LogP contribution in [0.4, 0.5) is 0 Å². The lowest BCUT2D eigenvalue weighted by Gasteiger charge is -2.27. The number of nitrogens with one attached hydrogen (secondary N) is 1. The smallest absolute Gasteiger partial charge is 0.254 e. The molecule has 6 nitrogen and oxygen atoms in total. The summed E-state index contributed by atoms with van der Waals surface area (Å²) in [6.45, 7) is 6.36. The molecule has 2 aromatic carbocycles. The van der Waals surface area contributed by atoms with E-state index in [1.807, 2.05) is 30.0 Å². The van der Waals surface area contributed by atoms with E-state index in [2.05, 4.69) is 40.3 Å². The molecule has 0 radical (unpaired) electrons. The van der Waals surface area contributed by atoms with Crippen molar-refractivity contribution in [2.75, 3.05) is 26.7 Å². The molecule has 0 spiro atoms. The van der Waals surface area contributed by atoms with Crippen LogP contribution < -0.4 is 4.74 Å². The van der Waals surface area contributed by atoms with Crippen LogP contribution in [0.5, 0.6) is 5.75 Å². The number of aromatic amines is 1. The first-order valence-electron chi connectivity index (χ1n) is 11.4. The minimum atomic E-state index is 0.0998. The van der Waals surface area contributed by atoms with Gasteiger partial charge in [0.1, 0.15) is 5.75 Å². The lowest BCUT2D eigenvalue weighted by molar-refractivity contribution is 0.0790. The number of hydrogen-bond donors (Lipinski definition) is 1. The fraction of sp³-hybridized carbons (Fsp3) is 0.385. The van der Waals surface area contributed by atoms with Crippen LogP contribution in [-0.4, -0.2) is 52.6 Å². The molecule has 5 rings (SSSR count). The van der Waals surface area contributed by atoms with Crippen molar-refractivity contribution in [2.45, 2.75) is 38.8 Å².